The Morgan fingerprint density at radius 1 is 1.44 bits per heavy atom. The van der Waals surface area contributed by atoms with E-state index in [4.69, 9.17) is 9.47 Å². The van der Waals surface area contributed by atoms with E-state index in [0.29, 0.717) is 18.4 Å². The maximum atomic E-state index is 5.57. The van der Waals surface area contributed by atoms with E-state index in [1.54, 1.807) is 0 Å². The first kappa shape index (κ1) is 11.5. The van der Waals surface area contributed by atoms with Gasteiger partial charge < -0.3 is 14.5 Å². The van der Waals surface area contributed by atoms with Gasteiger partial charge in [0.2, 0.25) is 5.88 Å². The van der Waals surface area contributed by atoms with E-state index in [2.05, 4.69) is 21.9 Å². The van der Waals surface area contributed by atoms with Gasteiger partial charge >= 0.3 is 0 Å². The molecule has 1 aliphatic heterocycles. The zero-order valence-electron chi connectivity index (χ0n) is 10.6. The molecule has 1 N–H and O–H groups in total. The minimum absolute atomic E-state index is 0.219. The quantitative estimate of drug-likeness (QED) is 0.903. The van der Waals surface area contributed by atoms with Crippen molar-refractivity contribution in [1.29, 1.82) is 0 Å². The first-order valence-corrected chi connectivity index (χ1v) is 6.39. The maximum absolute atomic E-state index is 5.57. The van der Waals surface area contributed by atoms with Crippen LogP contribution in [-0.4, -0.2) is 34.3 Å². The van der Waals surface area contributed by atoms with Crippen molar-refractivity contribution in [3.05, 3.63) is 18.0 Å². The Morgan fingerprint density at radius 2 is 2.33 bits per heavy atom. The lowest BCUT2D eigenvalue weighted by Crippen LogP contribution is -2.10. The summed E-state index contributed by atoms with van der Waals surface area (Å²) in [4.78, 5) is 12.3. The van der Waals surface area contributed by atoms with Crippen LogP contribution in [0.5, 0.6) is 5.88 Å². The van der Waals surface area contributed by atoms with Crippen molar-refractivity contribution in [3.63, 3.8) is 0 Å². The molecule has 1 saturated heterocycles. The molecule has 1 aliphatic rings. The number of H-pyrrole nitrogens is 1. The Bertz CT molecular complexity index is 552. The number of aromatic amines is 1. The number of imidazole rings is 1. The van der Waals surface area contributed by atoms with Gasteiger partial charge in [0, 0.05) is 18.6 Å². The molecule has 0 amide bonds. The topological polar surface area (TPSA) is 60.0 Å². The lowest BCUT2D eigenvalue weighted by atomic mass is 10.0. The lowest BCUT2D eigenvalue weighted by Gasteiger charge is -2.09. The number of aromatic nitrogens is 3. The van der Waals surface area contributed by atoms with Crippen LogP contribution in [0.15, 0.2) is 12.1 Å². The molecule has 5 nitrogen and oxygen atoms in total. The average Bonchev–Trinajstić information content (AvgIpc) is 2.94. The summed E-state index contributed by atoms with van der Waals surface area (Å²) >= 11 is 0. The largest absolute Gasteiger partial charge is 0.478 e. The maximum Gasteiger partial charge on any atom is 0.215 e. The third kappa shape index (κ3) is 1.95. The Kier molecular flexibility index (Phi) is 2.91. The van der Waals surface area contributed by atoms with Gasteiger partial charge in [0.1, 0.15) is 5.82 Å². The summed E-state index contributed by atoms with van der Waals surface area (Å²) < 4.78 is 11.0. The van der Waals surface area contributed by atoms with E-state index >= 15 is 0 Å². The Balaban J connectivity index is 1.95. The number of rotatable bonds is 3. The van der Waals surface area contributed by atoms with Gasteiger partial charge in [0.25, 0.3) is 0 Å². The number of hydrogen-bond acceptors (Lipinski definition) is 4. The van der Waals surface area contributed by atoms with Crippen molar-refractivity contribution >= 4 is 11.2 Å². The van der Waals surface area contributed by atoms with Crippen LogP contribution in [0.4, 0.5) is 0 Å². The summed E-state index contributed by atoms with van der Waals surface area (Å²) in [6.07, 6.45) is 1.23. The van der Waals surface area contributed by atoms with E-state index in [1.807, 2.05) is 19.1 Å². The van der Waals surface area contributed by atoms with Crippen LogP contribution in [-0.2, 0) is 4.74 Å². The number of ether oxygens (including phenoxy) is 2. The summed E-state index contributed by atoms with van der Waals surface area (Å²) in [6.45, 7) is 5.45. The molecule has 0 radical (unpaired) electrons. The first-order chi connectivity index (χ1) is 8.78. The van der Waals surface area contributed by atoms with Crippen LogP contribution >= 0.6 is 0 Å². The standard InChI is InChI=1S/C13H17N3O2/c1-3-17-11-5-4-10-13(15-11)16-12(14-10)9-6-7-18-8(9)2/h4-5,8-9H,3,6-7H2,1-2H3,(H,14,15,16). The molecule has 18 heavy (non-hydrogen) atoms. The normalized spacial score (nSPS) is 23.7. The molecule has 96 valence electrons. The fourth-order valence-corrected chi connectivity index (χ4v) is 2.39. The monoisotopic (exact) mass is 247 g/mol. The molecule has 0 spiro atoms. The molecule has 0 aliphatic carbocycles. The van der Waals surface area contributed by atoms with E-state index < -0.39 is 0 Å². The highest BCUT2D eigenvalue weighted by molar-refractivity contribution is 5.71. The lowest BCUT2D eigenvalue weighted by molar-refractivity contribution is 0.117. The highest BCUT2D eigenvalue weighted by Gasteiger charge is 2.28. The van der Waals surface area contributed by atoms with Crippen LogP contribution in [0.2, 0.25) is 0 Å². The third-order valence-electron chi connectivity index (χ3n) is 3.36. The molecule has 2 unspecified atom stereocenters. The second kappa shape index (κ2) is 4.57. The molecule has 1 fully saturated rings. The number of pyridine rings is 1. The molecule has 2 aromatic rings. The van der Waals surface area contributed by atoms with Crippen molar-refractivity contribution in [3.8, 4) is 5.88 Å². The van der Waals surface area contributed by atoms with E-state index in [1.165, 1.54) is 0 Å². The second-order valence-corrected chi connectivity index (χ2v) is 4.55. The zero-order valence-corrected chi connectivity index (χ0v) is 10.6. The van der Waals surface area contributed by atoms with Gasteiger partial charge in [-0.15, -0.1) is 0 Å². The molecular formula is C13H17N3O2. The van der Waals surface area contributed by atoms with Gasteiger partial charge in [-0.2, -0.15) is 4.98 Å². The van der Waals surface area contributed by atoms with Crippen LogP contribution < -0.4 is 4.74 Å². The van der Waals surface area contributed by atoms with Crippen molar-refractivity contribution in [2.45, 2.75) is 32.3 Å². The van der Waals surface area contributed by atoms with Crippen LogP contribution in [0, 0.1) is 0 Å². The highest BCUT2D eigenvalue weighted by atomic mass is 16.5. The molecule has 0 bridgehead atoms. The minimum Gasteiger partial charge on any atom is -0.478 e. The van der Waals surface area contributed by atoms with Gasteiger partial charge in [-0.25, -0.2) is 4.98 Å². The minimum atomic E-state index is 0.219. The summed E-state index contributed by atoms with van der Waals surface area (Å²) in [5.74, 6) is 1.93. The van der Waals surface area contributed by atoms with Crippen molar-refractivity contribution in [2.75, 3.05) is 13.2 Å². The summed E-state index contributed by atoms with van der Waals surface area (Å²) in [6, 6.07) is 3.83. The summed E-state index contributed by atoms with van der Waals surface area (Å²) in [5.41, 5.74) is 1.67. The highest BCUT2D eigenvalue weighted by Crippen LogP contribution is 2.30. The number of fused-ring (bicyclic) bond motifs is 1. The molecule has 3 heterocycles. The van der Waals surface area contributed by atoms with E-state index in [0.717, 1.165) is 30.0 Å². The average molecular weight is 247 g/mol. The van der Waals surface area contributed by atoms with Crippen LogP contribution in [0.1, 0.15) is 32.0 Å². The van der Waals surface area contributed by atoms with Gasteiger partial charge in [-0.05, 0) is 26.3 Å². The van der Waals surface area contributed by atoms with Gasteiger partial charge in [-0.3, -0.25) is 0 Å². The Labute approximate surface area is 106 Å². The van der Waals surface area contributed by atoms with Crippen molar-refractivity contribution in [1.82, 2.24) is 15.0 Å². The molecule has 2 atom stereocenters. The molecule has 5 heteroatoms. The fourth-order valence-electron chi connectivity index (χ4n) is 2.39. The molecular weight excluding hydrogens is 230 g/mol. The van der Waals surface area contributed by atoms with Gasteiger partial charge in [0.05, 0.1) is 18.2 Å². The summed E-state index contributed by atoms with van der Waals surface area (Å²) in [7, 11) is 0. The second-order valence-electron chi connectivity index (χ2n) is 4.55. The molecule has 0 saturated carbocycles. The fraction of sp³-hybridized carbons (Fsp3) is 0.538. The Hall–Kier alpha value is -1.62. The molecule has 2 aromatic heterocycles. The van der Waals surface area contributed by atoms with E-state index in [-0.39, 0.29) is 6.10 Å². The SMILES string of the molecule is CCOc1ccc2[nH]c(C3CCOC3C)nc2n1. The predicted molar refractivity (Wildman–Crippen MR) is 67.8 cm³/mol. The first-order valence-electron chi connectivity index (χ1n) is 6.39. The third-order valence-corrected chi connectivity index (χ3v) is 3.36. The number of nitrogens with one attached hydrogen (secondary N) is 1. The van der Waals surface area contributed by atoms with Crippen molar-refractivity contribution in [2.24, 2.45) is 0 Å². The van der Waals surface area contributed by atoms with Crippen LogP contribution in [0.25, 0.3) is 11.2 Å². The van der Waals surface area contributed by atoms with Gasteiger partial charge in [-0.1, -0.05) is 0 Å². The van der Waals surface area contributed by atoms with Crippen molar-refractivity contribution < 1.29 is 9.47 Å². The molecule has 0 aromatic carbocycles. The summed E-state index contributed by atoms with van der Waals surface area (Å²) in [5, 5.41) is 0. The number of hydrogen-bond donors (Lipinski definition) is 1. The molecule has 3 rings (SSSR count). The smallest absolute Gasteiger partial charge is 0.215 e. The number of nitrogens with zero attached hydrogens (tertiary/aromatic N) is 2. The van der Waals surface area contributed by atoms with Gasteiger partial charge in [0.15, 0.2) is 5.65 Å². The zero-order chi connectivity index (χ0) is 12.5. The van der Waals surface area contributed by atoms with Crippen LogP contribution in [0.3, 0.4) is 0 Å². The van der Waals surface area contributed by atoms with E-state index in [9.17, 15) is 0 Å². The Morgan fingerprint density at radius 3 is 3.06 bits per heavy atom. The predicted octanol–water partition coefficient (Wildman–Crippen LogP) is 2.25.